The molecule has 2 amide bonds. The molecule has 1 atom stereocenters. The average molecular weight is 170 g/mol. The smallest absolute Gasteiger partial charge is 0.319 e. The maximum absolute atomic E-state index is 11.5. The van der Waals surface area contributed by atoms with Crippen molar-refractivity contribution >= 4 is 6.03 Å². The molecule has 0 N–H and O–H groups in total. The van der Waals surface area contributed by atoms with Crippen LogP contribution in [0.4, 0.5) is 4.79 Å². The average Bonchev–Trinajstić information content (AvgIpc) is 2.56. The Hall–Kier alpha value is -0.730. The molecule has 1 rings (SSSR count). The van der Waals surface area contributed by atoms with Crippen molar-refractivity contribution in [2.45, 2.75) is 26.3 Å². The first-order valence-corrected chi connectivity index (χ1v) is 4.30. The zero-order chi connectivity index (χ0) is 9.52. The van der Waals surface area contributed by atoms with Crippen LogP contribution in [0.1, 0.15) is 20.3 Å². The van der Waals surface area contributed by atoms with Crippen LogP contribution in [0.15, 0.2) is 0 Å². The fourth-order valence-electron chi connectivity index (χ4n) is 1.55. The fourth-order valence-corrected chi connectivity index (χ4v) is 1.55. The molecular formula is C9H18N2O. The molecule has 0 radical (unpaired) electrons. The van der Waals surface area contributed by atoms with Gasteiger partial charge in [-0.25, -0.2) is 4.79 Å². The normalized spacial score (nSPS) is 24.9. The van der Waals surface area contributed by atoms with E-state index in [9.17, 15) is 4.79 Å². The molecule has 0 aromatic rings. The van der Waals surface area contributed by atoms with Gasteiger partial charge in [0.25, 0.3) is 0 Å². The molecule has 1 aliphatic rings. The zero-order valence-corrected chi connectivity index (χ0v) is 8.59. The highest BCUT2D eigenvalue weighted by atomic mass is 16.2. The van der Waals surface area contributed by atoms with Gasteiger partial charge < -0.3 is 9.80 Å². The Morgan fingerprint density at radius 3 is 2.00 bits per heavy atom. The second kappa shape index (κ2) is 2.64. The Kier molecular flexibility index (Phi) is 2.06. The van der Waals surface area contributed by atoms with Crippen molar-refractivity contribution in [1.29, 1.82) is 0 Å². The Morgan fingerprint density at radius 2 is 1.75 bits per heavy atom. The van der Waals surface area contributed by atoms with Crippen molar-refractivity contribution in [2.75, 3.05) is 21.1 Å². The molecule has 12 heavy (non-hydrogen) atoms. The van der Waals surface area contributed by atoms with Gasteiger partial charge in [0, 0.05) is 27.2 Å². The van der Waals surface area contributed by atoms with E-state index in [1.165, 1.54) is 0 Å². The topological polar surface area (TPSA) is 23.6 Å². The van der Waals surface area contributed by atoms with E-state index in [0.717, 1.165) is 6.42 Å². The molecule has 3 heteroatoms. The molecule has 0 spiro atoms. The summed E-state index contributed by atoms with van der Waals surface area (Å²) < 4.78 is 0. The summed E-state index contributed by atoms with van der Waals surface area (Å²) in [7, 11) is 5.45. The van der Waals surface area contributed by atoms with Gasteiger partial charge >= 0.3 is 6.03 Å². The monoisotopic (exact) mass is 170 g/mol. The summed E-state index contributed by atoms with van der Waals surface area (Å²) in [6.07, 6.45) is 1.13. The summed E-state index contributed by atoms with van der Waals surface area (Å²) in [6.45, 7) is 4.38. The van der Waals surface area contributed by atoms with E-state index in [4.69, 9.17) is 0 Å². The van der Waals surface area contributed by atoms with Crippen molar-refractivity contribution in [3.8, 4) is 0 Å². The van der Waals surface area contributed by atoms with E-state index in [0.29, 0.717) is 11.5 Å². The number of urea groups is 1. The summed E-state index contributed by atoms with van der Waals surface area (Å²) in [5.74, 6) is 0. The van der Waals surface area contributed by atoms with E-state index in [-0.39, 0.29) is 6.03 Å². The molecule has 70 valence electrons. The fraction of sp³-hybridized carbons (Fsp3) is 0.889. The maximum Gasteiger partial charge on any atom is 0.319 e. The predicted octanol–water partition coefficient (Wildman–Crippen LogP) is 1.40. The Labute approximate surface area is 74.3 Å². The third kappa shape index (κ3) is 1.54. The lowest BCUT2D eigenvalue weighted by atomic mass is 10.2. The van der Waals surface area contributed by atoms with Crippen molar-refractivity contribution in [2.24, 2.45) is 5.41 Å². The largest absolute Gasteiger partial charge is 0.331 e. The molecule has 1 saturated carbocycles. The molecule has 0 saturated heterocycles. The Morgan fingerprint density at radius 1 is 1.33 bits per heavy atom. The molecule has 1 aliphatic carbocycles. The molecule has 0 aromatic carbocycles. The number of carbonyl (C=O) groups excluding carboxylic acids is 1. The number of hydrogen-bond donors (Lipinski definition) is 0. The van der Waals surface area contributed by atoms with Gasteiger partial charge in [-0.3, -0.25) is 0 Å². The minimum atomic E-state index is 0.102. The van der Waals surface area contributed by atoms with Gasteiger partial charge in [0.1, 0.15) is 0 Å². The minimum Gasteiger partial charge on any atom is -0.331 e. The number of amides is 2. The number of carbonyl (C=O) groups is 1. The number of hydrogen-bond acceptors (Lipinski definition) is 1. The SMILES string of the molecule is CN(C)C(=O)N(C)C1CC1(C)C. The van der Waals surface area contributed by atoms with Crippen LogP contribution in [-0.4, -0.2) is 43.0 Å². The summed E-state index contributed by atoms with van der Waals surface area (Å²) in [6, 6.07) is 0.540. The van der Waals surface area contributed by atoms with Crippen LogP contribution in [0, 0.1) is 5.41 Å². The summed E-state index contributed by atoms with van der Waals surface area (Å²) in [4.78, 5) is 14.9. The molecule has 0 bridgehead atoms. The summed E-state index contributed by atoms with van der Waals surface area (Å²) in [5.41, 5.74) is 0.334. The summed E-state index contributed by atoms with van der Waals surface area (Å²) in [5, 5.41) is 0. The van der Waals surface area contributed by atoms with Gasteiger partial charge in [-0.2, -0.15) is 0 Å². The van der Waals surface area contributed by atoms with E-state index in [2.05, 4.69) is 13.8 Å². The number of rotatable bonds is 1. The molecule has 0 aliphatic heterocycles. The van der Waals surface area contributed by atoms with Crippen molar-refractivity contribution < 1.29 is 4.79 Å². The van der Waals surface area contributed by atoms with Crippen molar-refractivity contribution in [3.05, 3.63) is 0 Å². The third-order valence-corrected chi connectivity index (χ3v) is 2.61. The van der Waals surface area contributed by atoms with Gasteiger partial charge in [0.15, 0.2) is 0 Å². The Balaban J connectivity index is 2.50. The lowest BCUT2D eigenvalue weighted by Gasteiger charge is -2.23. The molecular weight excluding hydrogens is 152 g/mol. The van der Waals surface area contributed by atoms with Crippen LogP contribution < -0.4 is 0 Å². The first kappa shape index (κ1) is 9.36. The lowest BCUT2D eigenvalue weighted by Crippen LogP contribution is -2.39. The quantitative estimate of drug-likeness (QED) is 0.583. The minimum absolute atomic E-state index is 0.102. The van der Waals surface area contributed by atoms with Crippen molar-refractivity contribution in [1.82, 2.24) is 9.80 Å². The van der Waals surface area contributed by atoms with Crippen LogP contribution in [0.25, 0.3) is 0 Å². The highest BCUT2D eigenvalue weighted by molar-refractivity contribution is 5.74. The van der Waals surface area contributed by atoms with Gasteiger partial charge in [0.2, 0.25) is 0 Å². The van der Waals surface area contributed by atoms with Crippen LogP contribution in [-0.2, 0) is 0 Å². The molecule has 0 aromatic heterocycles. The zero-order valence-electron chi connectivity index (χ0n) is 8.59. The first-order valence-electron chi connectivity index (χ1n) is 4.30. The van der Waals surface area contributed by atoms with Crippen molar-refractivity contribution in [3.63, 3.8) is 0 Å². The van der Waals surface area contributed by atoms with Crippen LogP contribution in [0.5, 0.6) is 0 Å². The van der Waals surface area contributed by atoms with Crippen LogP contribution in [0.3, 0.4) is 0 Å². The van der Waals surface area contributed by atoms with E-state index >= 15 is 0 Å². The van der Waals surface area contributed by atoms with Crippen LogP contribution >= 0.6 is 0 Å². The summed E-state index contributed by atoms with van der Waals surface area (Å²) >= 11 is 0. The predicted molar refractivity (Wildman–Crippen MR) is 49.0 cm³/mol. The highest BCUT2D eigenvalue weighted by Crippen LogP contribution is 2.48. The Bertz CT molecular complexity index is 199. The molecule has 1 fully saturated rings. The second-order valence-corrected chi connectivity index (χ2v) is 4.50. The molecule has 3 nitrogen and oxygen atoms in total. The van der Waals surface area contributed by atoms with Crippen LogP contribution in [0.2, 0.25) is 0 Å². The van der Waals surface area contributed by atoms with E-state index in [1.54, 1.807) is 19.0 Å². The second-order valence-electron chi connectivity index (χ2n) is 4.50. The lowest BCUT2D eigenvalue weighted by molar-refractivity contribution is 0.174. The first-order chi connectivity index (χ1) is 5.36. The third-order valence-electron chi connectivity index (χ3n) is 2.61. The highest BCUT2D eigenvalue weighted by Gasteiger charge is 2.49. The van der Waals surface area contributed by atoms with E-state index < -0.39 is 0 Å². The van der Waals surface area contributed by atoms with Gasteiger partial charge in [-0.05, 0) is 11.8 Å². The van der Waals surface area contributed by atoms with Gasteiger partial charge in [-0.1, -0.05) is 13.8 Å². The standard InChI is InChI=1S/C9H18N2O/c1-9(2)6-7(9)11(5)8(12)10(3)4/h7H,6H2,1-5H3. The molecule has 1 unspecified atom stereocenters. The molecule has 0 heterocycles. The number of nitrogens with zero attached hydrogens (tertiary/aromatic N) is 2. The maximum atomic E-state index is 11.5. The van der Waals surface area contributed by atoms with E-state index in [1.807, 2.05) is 11.9 Å². The van der Waals surface area contributed by atoms with Gasteiger partial charge in [-0.15, -0.1) is 0 Å². The van der Waals surface area contributed by atoms with Gasteiger partial charge in [0.05, 0.1) is 0 Å².